The number of esters is 2. The number of ether oxygens (including phenoxy) is 2. The second-order valence-electron chi connectivity index (χ2n) is 8.01. The van der Waals surface area contributed by atoms with Gasteiger partial charge in [0.25, 0.3) is 0 Å². The molecule has 3 atom stereocenters. The van der Waals surface area contributed by atoms with Crippen LogP contribution in [0.5, 0.6) is 0 Å². The Bertz CT molecular complexity index is 690. The van der Waals surface area contributed by atoms with Gasteiger partial charge in [0, 0.05) is 30.8 Å². The maximum atomic E-state index is 12.4. The topological polar surface area (TPSA) is 72.8 Å². The van der Waals surface area contributed by atoms with Gasteiger partial charge in [-0.05, 0) is 39.7 Å². The van der Waals surface area contributed by atoms with Crippen molar-refractivity contribution >= 4 is 11.9 Å². The van der Waals surface area contributed by atoms with Crippen molar-refractivity contribution in [1.82, 2.24) is 0 Å². The summed E-state index contributed by atoms with van der Waals surface area (Å²) in [5, 5.41) is 9.85. The van der Waals surface area contributed by atoms with Crippen molar-refractivity contribution in [2.24, 2.45) is 11.8 Å². The van der Waals surface area contributed by atoms with E-state index in [1.807, 2.05) is 13.0 Å². The standard InChI is InChI=1S/C22H30O5/c1-14-8-9-18-19(7-6-10-22(4,5)25)21(24)26-13-20(18)15(2)12-17(11-14)27-16(3)23/h6-7,10-11,17-18,20,25H,2,8-9,12-13H2,1,3-5H3/b10-6+,14-11+,19-7-/t17-,18+,20-/m0/s1. The fourth-order valence-electron chi connectivity index (χ4n) is 3.61. The number of hydrogen-bond donors (Lipinski definition) is 1. The third-order valence-corrected chi connectivity index (χ3v) is 4.92. The van der Waals surface area contributed by atoms with Crippen LogP contribution in [-0.2, 0) is 19.1 Å². The molecular formula is C22H30O5. The first-order valence-electron chi connectivity index (χ1n) is 9.38. The normalized spacial score (nSPS) is 30.6. The predicted octanol–water partition coefficient (Wildman–Crippen LogP) is 3.65. The maximum absolute atomic E-state index is 12.4. The van der Waals surface area contributed by atoms with Gasteiger partial charge in [0.1, 0.15) is 6.10 Å². The molecule has 5 nitrogen and oxygen atoms in total. The Balaban J connectivity index is 2.31. The van der Waals surface area contributed by atoms with Gasteiger partial charge in [0.05, 0.1) is 12.2 Å². The molecule has 5 heteroatoms. The first-order valence-corrected chi connectivity index (χ1v) is 9.38. The smallest absolute Gasteiger partial charge is 0.334 e. The van der Waals surface area contributed by atoms with Crippen molar-refractivity contribution in [1.29, 1.82) is 0 Å². The summed E-state index contributed by atoms with van der Waals surface area (Å²) in [6, 6.07) is 0. The van der Waals surface area contributed by atoms with Gasteiger partial charge in [-0.25, -0.2) is 4.79 Å². The molecule has 148 valence electrons. The summed E-state index contributed by atoms with van der Waals surface area (Å²) >= 11 is 0. The Labute approximate surface area is 161 Å². The van der Waals surface area contributed by atoms with Crippen molar-refractivity contribution in [2.75, 3.05) is 6.61 Å². The molecule has 1 aliphatic carbocycles. The maximum Gasteiger partial charge on any atom is 0.334 e. The first-order chi connectivity index (χ1) is 12.6. The van der Waals surface area contributed by atoms with Crippen molar-refractivity contribution in [3.05, 3.63) is 47.6 Å². The highest BCUT2D eigenvalue weighted by molar-refractivity contribution is 5.90. The lowest BCUT2D eigenvalue weighted by atomic mass is 9.76. The largest absolute Gasteiger partial charge is 0.462 e. The van der Waals surface area contributed by atoms with E-state index in [2.05, 4.69) is 6.58 Å². The zero-order valence-electron chi connectivity index (χ0n) is 16.7. The molecule has 1 saturated heterocycles. The zero-order chi connectivity index (χ0) is 20.2. The van der Waals surface area contributed by atoms with E-state index in [1.54, 1.807) is 32.1 Å². The minimum absolute atomic E-state index is 0.00960. The van der Waals surface area contributed by atoms with Crippen molar-refractivity contribution in [3.8, 4) is 0 Å². The Morgan fingerprint density at radius 2 is 2.11 bits per heavy atom. The average Bonchev–Trinajstić information content (AvgIpc) is 2.57. The summed E-state index contributed by atoms with van der Waals surface area (Å²) in [7, 11) is 0. The summed E-state index contributed by atoms with van der Waals surface area (Å²) < 4.78 is 10.8. The lowest BCUT2D eigenvalue weighted by Gasteiger charge is -2.34. The Hall–Kier alpha value is -2.14. The molecule has 0 aromatic rings. The zero-order valence-corrected chi connectivity index (χ0v) is 16.7. The molecule has 0 bridgehead atoms. The van der Waals surface area contributed by atoms with Crippen LogP contribution in [-0.4, -0.2) is 35.4 Å². The van der Waals surface area contributed by atoms with Gasteiger partial charge < -0.3 is 14.6 Å². The molecule has 0 aromatic heterocycles. The van der Waals surface area contributed by atoms with E-state index in [4.69, 9.17) is 9.47 Å². The average molecular weight is 374 g/mol. The third kappa shape index (κ3) is 6.21. The lowest BCUT2D eigenvalue weighted by Crippen LogP contribution is -2.35. The molecule has 0 unspecified atom stereocenters. The Kier molecular flexibility index (Phi) is 6.82. The lowest BCUT2D eigenvalue weighted by molar-refractivity contribution is -0.144. The molecule has 1 heterocycles. The van der Waals surface area contributed by atoms with Crippen LogP contribution in [0.2, 0.25) is 0 Å². The molecule has 0 spiro atoms. The van der Waals surface area contributed by atoms with Crippen LogP contribution in [0.25, 0.3) is 0 Å². The first kappa shape index (κ1) is 21.2. The summed E-state index contributed by atoms with van der Waals surface area (Å²) in [5.41, 5.74) is 1.70. The van der Waals surface area contributed by atoms with Gasteiger partial charge in [0.15, 0.2) is 0 Å². The van der Waals surface area contributed by atoms with E-state index >= 15 is 0 Å². The molecule has 1 aliphatic heterocycles. The van der Waals surface area contributed by atoms with E-state index in [0.29, 0.717) is 18.6 Å². The van der Waals surface area contributed by atoms with E-state index < -0.39 is 5.60 Å². The Morgan fingerprint density at radius 3 is 2.74 bits per heavy atom. The third-order valence-electron chi connectivity index (χ3n) is 4.92. The van der Waals surface area contributed by atoms with Gasteiger partial charge in [-0.2, -0.15) is 0 Å². The Morgan fingerprint density at radius 1 is 1.41 bits per heavy atom. The van der Waals surface area contributed by atoms with Gasteiger partial charge in [0.2, 0.25) is 0 Å². The van der Waals surface area contributed by atoms with Crippen molar-refractivity contribution in [3.63, 3.8) is 0 Å². The number of hydrogen-bond acceptors (Lipinski definition) is 5. The molecule has 0 saturated carbocycles. The van der Waals surface area contributed by atoms with Crippen LogP contribution < -0.4 is 0 Å². The van der Waals surface area contributed by atoms with Crippen LogP contribution in [0.3, 0.4) is 0 Å². The van der Waals surface area contributed by atoms with Crippen molar-refractivity contribution < 1.29 is 24.2 Å². The number of rotatable bonds is 3. The number of carbonyl (C=O) groups is 2. The van der Waals surface area contributed by atoms with Crippen LogP contribution in [0, 0.1) is 11.8 Å². The quantitative estimate of drug-likeness (QED) is 0.464. The number of aliphatic hydroxyl groups is 1. The highest BCUT2D eigenvalue weighted by Gasteiger charge is 2.37. The number of cyclic esters (lactones) is 1. The van der Waals surface area contributed by atoms with Gasteiger partial charge in [-0.3, -0.25) is 4.79 Å². The molecule has 0 radical (unpaired) electrons. The minimum Gasteiger partial charge on any atom is -0.462 e. The molecular weight excluding hydrogens is 344 g/mol. The van der Waals surface area contributed by atoms with Crippen molar-refractivity contribution in [2.45, 2.75) is 58.7 Å². The van der Waals surface area contributed by atoms with E-state index in [1.165, 1.54) is 6.92 Å². The molecule has 1 fully saturated rings. The molecule has 27 heavy (non-hydrogen) atoms. The molecule has 2 rings (SSSR count). The monoisotopic (exact) mass is 374 g/mol. The molecule has 0 amide bonds. The number of fused-ring (bicyclic) bond motifs is 1. The fraction of sp³-hybridized carbons (Fsp3) is 0.545. The minimum atomic E-state index is -0.951. The highest BCUT2D eigenvalue weighted by Crippen LogP contribution is 2.39. The van der Waals surface area contributed by atoms with Gasteiger partial charge in [-0.15, -0.1) is 0 Å². The van der Waals surface area contributed by atoms with Crippen LogP contribution in [0.4, 0.5) is 0 Å². The highest BCUT2D eigenvalue weighted by atomic mass is 16.5. The second kappa shape index (κ2) is 8.70. The van der Waals surface area contributed by atoms with Gasteiger partial charge in [-0.1, -0.05) is 36.0 Å². The summed E-state index contributed by atoms with van der Waals surface area (Å²) in [4.78, 5) is 23.8. The SMILES string of the molecule is C=C1C[C@@H](OC(C)=O)/C=C(\C)CC[C@@H]2/C(=C/C=C/C(C)(C)O)C(=O)OC[C@@H]12. The molecule has 2 aliphatic rings. The molecule has 0 aromatic carbocycles. The predicted molar refractivity (Wildman–Crippen MR) is 104 cm³/mol. The van der Waals surface area contributed by atoms with E-state index in [-0.39, 0.29) is 29.9 Å². The second-order valence-corrected chi connectivity index (χ2v) is 8.01. The number of carbonyl (C=O) groups excluding carboxylic acids is 2. The summed E-state index contributed by atoms with van der Waals surface area (Å²) in [6.07, 6.45) is 8.83. The summed E-state index contributed by atoms with van der Waals surface area (Å²) in [5.74, 6) is -0.659. The molecule has 1 N–H and O–H groups in total. The van der Waals surface area contributed by atoms with E-state index in [9.17, 15) is 14.7 Å². The van der Waals surface area contributed by atoms with Gasteiger partial charge >= 0.3 is 11.9 Å². The van der Waals surface area contributed by atoms with E-state index in [0.717, 1.165) is 24.0 Å². The summed E-state index contributed by atoms with van der Waals surface area (Å²) in [6.45, 7) is 11.3. The van der Waals surface area contributed by atoms with Crippen LogP contribution in [0.1, 0.15) is 47.0 Å². The van der Waals surface area contributed by atoms with Crippen LogP contribution in [0.15, 0.2) is 47.6 Å². The fourth-order valence-corrected chi connectivity index (χ4v) is 3.61. The number of allylic oxidation sites excluding steroid dienone is 3. The van der Waals surface area contributed by atoms with Crippen LogP contribution >= 0.6 is 0 Å².